The summed E-state index contributed by atoms with van der Waals surface area (Å²) >= 11 is 0. The van der Waals surface area contributed by atoms with Gasteiger partial charge in [-0.1, -0.05) is 0 Å². The average Bonchev–Trinajstić information content (AvgIpc) is 2.84. The molecule has 16 heavy (non-hydrogen) atoms. The monoisotopic (exact) mass is 226 g/mol. The Bertz CT molecular complexity index is 334. The van der Waals surface area contributed by atoms with Crippen LogP contribution in [0.4, 0.5) is 0 Å². The van der Waals surface area contributed by atoms with Crippen LogP contribution in [-0.2, 0) is 23.7 Å². The maximum absolute atomic E-state index is 11.7. The molecule has 1 heterocycles. The van der Waals surface area contributed by atoms with Crippen molar-refractivity contribution in [1.82, 2.24) is 0 Å². The lowest BCUT2D eigenvalue weighted by Gasteiger charge is -2.28. The van der Waals surface area contributed by atoms with Gasteiger partial charge in [-0.3, -0.25) is 4.79 Å². The number of hydrogen-bond acceptors (Lipinski definition) is 5. The van der Waals surface area contributed by atoms with E-state index in [2.05, 4.69) is 0 Å². The molecular formula is C11H14O5. The first-order valence-electron chi connectivity index (χ1n) is 5.00. The van der Waals surface area contributed by atoms with Gasteiger partial charge in [-0.15, -0.1) is 0 Å². The molecular weight excluding hydrogens is 212 g/mol. The van der Waals surface area contributed by atoms with E-state index < -0.39 is 12.1 Å². The van der Waals surface area contributed by atoms with Gasteiger partial charge in [0, 0.05) is 14.2 Å². The number of carbonyl (C=O) groups excluding carboxylic acids is 1. The Morgan fingerprint density at radius 2 is 1.94 bits per heavy atom. The number of carbonyl (C=O) groups is 1. The van der Waals surface area contributed by atoms with Crippen LogP contribution in [-0.4, -0.2) is 45.3 Å². The molecule has 0 N–H and O–H groups in total. The fourth-order valence-corrected chi connectivity index (χ4v) is 1.68. The molecule has 0 saturated carbocycles. The van der Waals surface area contributed by atoms with Crippen molar-refractivity contribution in [3.05, 3.63) is 23.8 Å². The van der Waals surface area contributed by atoms with Gasteiger partial charge in [0.15, 0.2) is 12.1 Å². The first kappa shape index (κ1) is 11.5. The molecule has 1 fully saturated rings. The molecule has 5 heteroatoms. The molecule has 0 radical (unpaired) electrons. The highest BCUT2D eigenvalue weighted by atomic mass is 16.7. The van der Waals surface area contributed by atoms with E-state index >= 15 is 0 Å². The van der Waals surface area contributed by atoms with Crippen molar-refractivity contribution in [3.8, 4) is 0 Å². The Morgan fingerprint density at radius 3 is 2.50 bits per heavy atom. The second-order valence-electron chi connectivity index (χ2n) is 3.50. The largest absolute Gasteiger partial charge is 0.346 e. The molecule has 1 saturated heterocycles. The molecule has 0 aromatic rings. The van der Waals surface area contributed by atoms with Crippen molar-refractivity contribution in [1.29, 1.82) is 0 Å². The summed E-state index contributed by atoms with van der Waals surface area (Å²) in [5.74, 6) is -1.14. The van der Waals surface area contributed by atoms with Crippen LogP contribution in [0.25, 0.3) is 0 Å². The Balaban J connectivity index is 2.27. The first-order chi connectivity index (χ1) is 7.71. The number of rotatable bonds is 3. The molecule has 88 valence electrons. The number of hydrogen-bond donors (Lipinski definition) is 0. The third-order valence-electron chi connectivity index (χ3n) is 2.62. The standard InChI is InChI=1S/C11H14O5/c1-13-11(14-2)4-3-9(12)8(7-11)10-15-5-6-16-10/h3-4,7,10H,5-6H2,1-2H3. The number of ketones is 1. The molecule has 0 aromatic heterocycles. The lowest BCUT2D eigenvalue weighted by atomic mass is 10.00. The molecule has 2 rings (SSSR count). The molecule has 5 nitrogen and oxygen atoms in total. The van der Waals surface area contributed by atoms with Gasteiger partial charge in [-0.25, -0.2) is 0 Å². The van der Waals surface area contributed by atoms with E-state index in [9.17, 15) is 4.79 Å². The smallest absolute Gasteiger partial charge is 0.208 e. The Labute approximate surface area is 93.6 Å². The first-order valence-corrected chi connectivity index (χ1v) is 5.00. The summed E-state index contributed by atoms with van der Waals surface area (Å²) in [5.41, 5.74) is 0.420. The topological polar surface area (TPSA) is 54.0 Å². The van der Waals surface area contributed by atoms with Crippen LogP contribution in [0, 0.1) is 0 Å². The maximum atomic E-state index is 11.7. The molecule has 0 unspecified atom stereocenters. The molecule has 1 aliphatic carbocycles. The van der Waals surface area contributed by atoms with Gasteiger partial charge in [-0.2, -0.15) is 0 Å². The maximum Gasteiger partial charge on any atom is 0.208 e. The quantitative estimate of drug-likeness (QED) is 0.652. The highest BCUT2D eigenvalue weighted by molar-refractivity contribution is 6.05. The highest BCUT2D eigenvalue weighted by Crippen LogP contribution is 2.27. The highest BCUT2D eigenvalue weighted by Gasteiger charge is 2.34. The second-order valence-corrected chi connectivity index (χ2v) is 3.50. The van der Waals surface area contributed by atoms with Crippen molar-refractivity contribution in [2.45, 2.75) is 12.1 Å². The SMILES string of the molecule is COC1(OC)C=CC(=O)C(C2OCCO2)=C1. The summed E-state index contributed by atoms with van der Waals surface area (Å²) in [6.45, 7) is 0.984. The molecule has 0 amide bonds. The fourth-order valence-electron chi connectivity index (χ4n) is 1.68. The molecule has 2 aliphatic rings. The normalized spacial score (nSPS) is 24.9. The minimum atomic E-state index is -1.00. The van der Waals surface area contributed by atoms with Gasteiger partial charge in [0.2, 0.25) is 5.79 Å². The van der Waals surface area contributed by atoms with Crippen LogP contribution < -0.4 is 0 Å². The third-order valence-corrected chi connectivity index (χ3v) is 2.62. The Kier molecular flexibility index (Phi) is 3.20. The van der Waals surface area contributed by atoms with E-state index in [0.29, 0.717) is 18.8 Å². The van der Waals surface area contributed by atoms with E-state index in [1.54, 1.807) is 12.2 Å². The number of methoxy groups -OCH3 is 2. The molecule has 0 atom stereocenters. The summed E-state index contributed by atoms with van der Waals surface area (Å²) in [5, 5.41) is 0. The molecule has 1 aliphatic heterocycles. The van der Waals surface area contributed by atoms with E-state index in [1.807, 2.05) is 0 Å². The predicted octanol–water partition coefficient (Wildman–Crippen LogP) is 0.414. The molecule has 0 bridgehead atoms. The molecule has 0 aromatic carbocycles. The van der Waals surface area contributed by atoms with Crippen molar-refractivity contribution in [2.24, 2.45) is 0 Å². The van der Waals surface area contributed by atoms with Crippen LogP contribution in [0.15, 0.2) is 23.8 Å². The van der Waals surface area contributed by atoms with Gasteiger partial charge >= 0.3 is 0 Å². The zero-order valence-electron chi connectivity index (χ0n) is 9.26. The minimum absolute atomic E-state index is 0.142. The predicted molar refractivity (Wildman–Crippen MR) is 54.7 cm³/mol. The summed E-state index contributed by atoms with van der Waals surface area (Å²) in [4.78, 5) is 11.7. The van der Waals surface area contributed by atoms with Gasteiger partial charge in [-0.05, 0) is 18.2 Å². The van der Waals surface area contributed by atoms with Crippen molar-refractivity contribution in [3.63, 3.8) is 0 Å². The van der Waals surface area contributed by atoms with Crippen molar-refractivity contribution >= 4 is 5.78 Å². The van der Waals surface area contributed by atoms with Gasteiger partial charge in [0.1, 0.15) is 0 Å². The van der Waals surface area contributed by atoms with Gasteiger partial charge < -0.3 is 18.9 Å². The number of ether oxygens (including phenoxy) is 4. The van der Waals surface area contributed by atoms with E-state index in [1.165, 1.54) is 20.3 Å². The van der Waals surface area contributed by atoms with Crippen molar-refractivity contribution in [2.75, 3.05) is 27.4 Å². The van der Waals surface area contributed by atoms with Crippen LogP contribution in [0.1, 0.15) is 0 Å². The van der Waals surface area contributed by atoms with Gasteiger partial charge in [0.25, 0.3) is 0 Å². The number of allylic oxidation sites excluding steroid dienone is 1. The summed E-state index contributed by atoms with van der Waals surface area (Å²) in [6, 6.07) is 0. The van der Waals surface area contributed by atoms with Crippen molar-refractivity contribution < 1.29 is 23.7 Å². The third kappa shape index (κ3) is 1.94. The Hall–Kier alpha value is -1.01. The van der Waals surface area contributed by atoms with Crippen LogP contribution in [0.3, 0.4) is 0 Å². The zero-order chi connectivity index (χ0) is 11.6. The van der Waals surface area contributed by atoms with Crippen LogP contribution in [0.2, 0.25) is 0 Å². The molecule has 0 spiro atoms. The lowest BCUT2D eigenvalue weighted by molar-refractivity contribution is -0.140. The minimum Gasteiger partial charge on any atom is -0.346 e. The van der Waals surface area contributed by atoms with Crippen LogP contribution in [0.5, 0.6) is 0 Å². The average molecular weight is 226 g/mol. The van der Waals surface area contributed by atoms with Gasteiger partial charge in [0.05, 0.1) is 18.8 Å². The summed E-state index contributed by atoms with van der Waals surface area (Å²) in [7, 11) is 3.02. The summed E-state index contributed by atoms with van der Waals surface area (Å²) in [6.07, 6.45) is 3.95. The van der Waals surface area contributed by atoms with E-state index in [0.717, 1.165) is 0 Å². The van der Waals surface area contributed by atoms with E-state index in [4.69, 9.17) is 18.9 Å². The Morgan fingerprint density at radius 1 is 1.31 bits per heavy atom. The lowest BCUT2D eigenvalue weighted by Crippen LogP contribution is -2.35. The van der Waals surface area contributed by atoms with Crippen LogP contribution >= 0.6 is 0 Å². The van der Waals surface area contributed by atoms with E-state index in [-0.39, 0.29) is 5.78 Å². The zero-order valence-corrected chi connectivity index (χ0v) is 9.26. The summed E-state index contributed by atoms with van der Waals surface area (Å²) < 4.78 is 21.0. The fraction of sp³-hybridized carbons (Fsp3) is 0.545. The second kappa shape index (κ2) is 4.47.